The van der Waals surface area contributed by atoms with Crippen LogP contribution in [-0.4, -0.2) is 9.55 Å². The lowest BCUT2D eigenvalue weighted by Crippen LogP contribution is -1.95. The second-order valence-corrected chi connectivity index (χ2v) is 5.21. The molecule has 0 unspecified atom stereocenters. The molecule has 1 aromatic heterocycles. The molecular weight excluding hydrogens is 335 g/mol. The summed E-state index contributed by atoms with van der Waals surface area (Å²) in [5.41, 5.74) is 2.26. The lowest BCUT2D eigenvalue weighted by atomic mass is 10.2. The highest BCUT2D eigenvalue weighted by molar-refractivity contribution is 14.1. The molecule has 0 aliphatic carbocycles. The molecule has 0 spiro atoms. The molecule has 0 saturated carbocycles. The topological polar surface area (TPSA) is 17.8 Å². The van der Waals surface area contributed by atoms with E-state index in [9.17, 15) is 0 Å². The summed E-state index contributed by atoms with van der Waals surface area (Å²) in [4.78, 5) is 4.46. The van der Waals surface area contributed by atoms with Gasteiger partial charge in [-0.2, -0.15) is 0 Å². The van der Waals surface area contributed by atoms with Crippen LogP contribution in [0.15, 0.2) is 67.0 Å². The van der Waals surface area contributed by atoms with Gasteiger partial charge < -0.3 is 0 Å². The van der Waals surface area contributed by atoms with Gasteiger partial charge in [-0.05, 0) is 46.9 Å². The first-order valence-electron chi connectivity index (χ1n) is 5.69. The van der Waals surface area contributed by atoms with Crippen molar-refractivity contribution in [1.82, 2.24) is 9.55 Å². The van der Waals surface area contributed by atoms with Crippen molar-refractivity contribution in [2.75, 3.05) is 0 Å². The molecule has 0 radical (unpaired) electrons. The third kappa shape index (κ3) is 2.18. The lowest BCUT2D eigenvalue weighted by molar-refractivity contribution is 1.07. The summed E-state index contributed by atoms with van der Waals surface area (Å²) >= 11 is 2.32. The van der Waals surface area contributed by atoms with Gasteiger partial charge in [0, 0.05) is 27.2 Å². The second-order valence-electron chi connectivity index (χ2n) is 3.97. The molecule has 0 fully saturated rings. The minimum atomic E-state index is 0.972. The van der Waals surface area contributed by atoms with E-state index in [1.807, 2.05) is 30.6 Å². The summed E-state index contributed by atoms with van der Waals surface area (Å²) in [6.07, 6.45) is 3.83. The van der Waals surface area contributed by atoms with Gasteiger partial charge in [-0.3, -0.25) is 4.57 Å². The predicted octanol–water partition coefficient (Wildman–Crippen LogP) is 4.14. The van der Waals surface area contributed by atoms with Crippen LogP contribution in [0.1, 0.15) is 0 Å². The van der Waals surface area contributed by atoms with Gasteiger partial charge in [0.2, 0.25) is 0 Å². The first-order valence-corrected chi connectivity index (χ1v) is 6.77. The van der Waals surface area contributed by atoms with Crippen molar-refractivity contribution in [2.24, 2.45) is 0 Å². The number of hydrogen-bond donors (Lipinski definition) is 0. The van der Waals surface area contributed by atoms with E-state index in [-0.39, 0.29) is 0 Å². The fourth-order valence-corrected chi connectivity index (χ4v) is 2.48. The summed E-state index contributed by atoms with van der Waals surface area (Å²) in [5.74, 6) is 0.972. The normalized spacial score (nSPS) is 10.5. The SMILES string of the molecule is Ic1cccc(-c2nccn2-c2ccccc2)c1. The molecule has 2 aromatic carbocycles. The third-order valence-corrected chi connectivity index (χ3v) is 3.43. The van der Waals surface area contributed by atoms with Crippen LogP contribution in [-0.2, 0) is 0 Å². The summed E-state index contributed by atoms with van der Waals surface area (Å²) in [6, 6.07) is 18.6. The van der Waals surface area contributed by atoms with Crippen molar-refractivity contribution in [3.63, 3.8) is 0 Å². The first-order chi connectivity index (χ1) is 8.84. The van der Waals surface area contributed by atoms with Gasteiger partial charge >= 0.3 is 0 Å². The molecule has 3 aromatic rings. The number of hydrogen-bond acceptors (Lipinski definition) is 1. The number of aromatic nitrogens is 2. The Morgan fingerprint density at radius 1 is 0.944 bits per heavy atom. The molecule has 0 aliphatic rings. The first kappa shape index (κ1) is 11.5. The lowest BCUT2D eigenvalue weighted by Gasteiger charge is -2.07. The van der Waals surface area contributed by atoms with E-state index >= 15 is 0 Å². The number of benzene rings is 2. The number of para-hydroxylation sites is 1. The van der Waals surface area contributed by atoms with E-state index in [1.165, 1.54) is 3.57 Å². The maximum absolute atomic E-state index is 4.46. The Kier molecular flexibility index (Phi) is 3.15. The van der Waals surface area contributed by atoms with Gasteiger partial charge in [0.05, 0.1) is 0 Å². The monoisotopic (exact) mass is 346 g/mol. The summed E-state index contributed by atoms with van der Waals surface area (Å²) < 4.78 is 3.32. The average molecular weight is 346 g/mol. The molecule has 0 bridgehead atoms. The highest BCUT2D eigenvalue weighted by Gasteiger charge is 2.07. The highest BCUT2D eigenvalue weighted by Crippen LogP contribution is 2.22. The van der Waals surface area contributed by atoms with E-state index < -0.39 is 0 Å². The van der Waals surface area contributed by atoms with Crippen LogP contribution in [0.3, 0.4) is 0 Å². The molecule has 2 nitrogen and oxygen atoms in total. The average Bonchev–Trinajstić information content (AvgIpc) is 2.89. The minimum Gasteiger partial charge on any atom is -0.300 e. The Bertz CT molecular complexity index is 659. The number of rotatable bonds is 2. The molecule has 1 heterocycles. The van der Waals surface area contributed by atoms with Crippen molar-refractivity contribution in [2.45, 2.75) is 0 Å². The van der Waals surface area contributed by atoms with Crippen molar-refractivity contribution < 1.29 is 0 Å². The summed E-state index contributed by atoms with van der Waals surface area (Å²) in [6.45, 7) is 0. The molecule has 0 saturated heterocycles. The quantitative estimate of drug-likeness (QED) is 0.638. The van der Waals surface area contributed by atoms with E-state index in [2.05, 4.69) is 68.5 Å². The molecule has 18 heavy (non-hydrogen) atoms. The number of imidazole rings is 1. The largest absolute Gasteiger partial charge is 0.300 e. The van der Waals surface area contributed by atoms with Gasteiger partial charge in [-0.1, -0.05) is 30.3 Å². The highest BCUT2D eigenvalue weighted by atomic mass is 127. The van der Waals surface area contributed by atoms with E-state index in [0.717, 1.165) is 17.1 Å². The summed E-state index contributed by atoms with van der Waals surface area (Å²) in [7, 11) is 0. The maximum atomic E-state index is 4.46. The molecule has 3 heteroatoms. The van der Waals surface area contributed by atoms with Crippen LogP contribution in [0.5, 0.6) is 0 Å². The second kappa shape index (κ2) is 4.94. The van der Waals surface area contributed by atoms with Gasteiger partial charge in [-0.15, -0.1) is 0 Å². The van der Waals surface area contributed by atoms with Crippen LogP contribution in [0.2, 0.25) is 0 Å². The number of halogens is 1. The molecule has 0 aliphatic heterocycles. The van der Waals surface area contributed by atoms with Crippen LogP contribution in [0.25, 0.3) is 17.1 Å². The van der Waals surface area contributed by atoms with Gasteiger partial charge in [0.1, 0.15) is 5.82 Å². The zero-order valence-corrected chi connectivity index (χ0v) is 11.8. The predicted molar refractivity (Wildman–Crippen MR) is 81.7 cm³/mol. The van der Waals surface area contributed by atoms with Crippen molar-refractivity contribution in [3.05, 3.63) is 70.6 Å². The van der Waals surface area contributed by atoms with E-state index in [1.54, 1.807) is 0 Å². The van der Waals surface area contributed by atoms with Gasteiger partial charge in [0.15, 0.2) is 0 Å². The van der Waals surface area contributed by atoms with Gasteiger partial charge in [0.25, 0.3) is 0 Å². The van der Waals surface area contributed by atoms with E-state index in [4.69, 9.17) is 0 Å². The Morgan fingerprint density at radius 2 is 1.78 bits per heavy atom. The van der Waals surface area contributed by atoms with Crippen molar-refractivity contribution in [1.29, 1.82) is 0 Å². The Morgan fingerprint density at radius 3 is 2.56 bits per heavy atom. The Labute approximate surface area is 119 Å². The zero-order chi connectivity index (χ0) is 12.4. The molecule has 0 amide bonds. The van der Waals surface area contributed by atoms with Crippen molar-refractivity contribution in [3.8, 4) is 17.1 Å². The molecule has 3 rings (SSSR count). The zero-order valence-electron chi connectivity index (χ0n) is 9.62. The maximum Gasteiger partial charge on any atom is 0.144 e. The third-order valence-electron chi connectivity index (χ3n) is 2.76. The van der Waals surface area contributed by atoms with Crippen LogP contribution < -0.4 is 0 Å². The molecule has 88 valence electrons. The van der Waals surface area contributed by atoms with Crippen LogP contribution >= 0.6 is 22.6 Å². The summed E-state index contributed by atoms with van der Waals surface area (Å²) in [5, 5.41) is 0. The molecule has 0 atom stereocenters. The molecule has 0 N–H and O–H groups in total. The number of nitrogens with zero attached hydrogens (tertiary/aromatic N) is 2. The minimum absolute atomic E-state index is 0.972. The fourth-order valence-electron chi connectivity index (χ4n) is 1.94. The van der Waals surface area contributed by atoms with Crippen LogP contribution in [0.4, 0.5) is 0 Å². The Hall–Kier alpha value is -1.62. The standard InChI is InChI=1S/C15H11IN2/c16-13-6-4-5-12(11-13)15-17-9-10-18(15)14-7-2-1-3-8-14/h1-11H. The smallest absolute Gasteiger partial charge is 0.144 e. The van der Waals surface area contributed by atoms with E-state index in [0.29, 0.717) is 0 Å². The molecular formula is C15H11IN2. The van der Waals surface area contributed by atoms with Crippen molar-refractivity contribution >= 4 is 22.6 Å². The Balaban J connectivity index is 2.13. The van der Waals surface area contributed by atoms with Crippen LogP contribution in [0, 0.1) is 3.57 Å². The van der Waals surface area contributed by atoms with Gasteiger partial charge in [-0.25, -0.2) is 4.98 Å². The fraction of sp³-hybridized carbons (Fsp3) is 0.